The van der Waals surface area contributed by atoms with Crippen molar-refractivity contribution >= 4 is 48.0 Å². The Balaban J connectivity index is 1.75. The van der Waals surface area contributed by atoms with Crippen molar-refractivity contribution in [3.63, 3.8) is 0 Å². The lowest BCUT2D eigenvalue weighted by molar-refractivity contribution is -0.121. The van der Waals surface area contributed by atoms with Gasteiger partial charge in [0.15, 0.2) is 6.54 Å². The third-order valence-corrected chi connectivity index (χ3v) is 13.9. The number of rotatable bonds is 29. The van der Waals surface area contributed by atoms with Gasteiger partial charge in [-0.05, 0) is 80.1 Å². The van der Waals surface area contributed by atoms with Gasteiger partial charge in [-0.2, -0.15) is 25.3 Å². The Labute approximate surface area is 400 Å². The number of hydrogen-bond donors (Lipinski definition) is 5. The van der Waals surface area contributed by atoms with Crippen molar-refractivity contribution in [1.82, 2.24) is 10.0 Å². The second-order valence-electron chi connectivity index (χ2n) is 17.8. The summed E-state index contributed by atoms with van der Waals surface area (Å²) in [5.74, 6) is 5.26. The number of nitrogens with zero attached hydrogens (tertiary/aromatic N) is 2. The fourth-order valence-corrected chi connectivity index (χ4v) is 9.43. The minimum absolute atomic E-state index is 0.0370. The number of carbonyl (C=O) groups excluding carboxylic acids is 1. The molecule has 1 aromatic rings. The highest BCUT2D eigenvalue weighted by Crippen LogP contribution is 2.51. The molecular weight excluding hydrogens is 945 g/mol. The number of carbonyl (C=O) groups is 1. The molecule has 6 N–H and O–H groups in total. The van der Waals surface area contributed by atoms with Crippen LogP contribution in [0.3, 0.4) is 0 Å². The molecule has 3 aliphatic rings. The largest absolute Gasteiger partial charge is 0.460 e. The Kier molecular flexibility index (Phi) is 21.4. The van der Waals surface area contributed by atoms with Crippen molar-refractivity contribution in [2.75, 3.05) is 89.4 Å². The van der Waals surface area contributed by atoms with E-state index in [0.29, 0.717) is 108 Å². The number of hydrazine groups is 1. The van der Waals surface area contributed by atoms with Crippen molar-refractivity contribution < 1.29 is 67.1 Å². The summed E-state index contributed by atoms with van der Waals surface area (Å²) in [5, 5.41) is 0.737. The molecule has 0 aromatic heterocycles. The van der Waals surface area contributed by atoms with Gasteiger partial charge in [0.25, 0.3) is 30.4 Å². The van der Waals surface area contributed by atoms with E-state index in [-0.39, 0.29) is 36.5 Å². The second kappa shape index (κ2) is 25.7. The van der Waals surface area contributed by atoms with Crippen molar-refractivity contribution in [3.8, 4) is 11.3 Å². The number of anilines is 1. The van der Waals surface area contributed by atoms with Crippen LogP contribution in [0.1, 0.15) is 89.5 Å². The molecule has 1 aromatic carbocycles. The summed E-state index contributed by atoms with van der Waals surface area (Å²) in [6.07, 6.45) is 8.14. The zero-order valence-corrected chi connectivity index (χ0v) is 42.1. The van der Waals surface area contributed by atoms with E-state index in [2.05, 4.69) is 5.43 Å². The number of hydrogen-bond acceptors (Lipinski definition) is 14. The molecule has 19 nitrogen and oxygen atoms in total. The number of allylic oxidation sites excluding steroid dienone is 3. The van der Waals surface area contributed by atoms with Crippen LogP contribution in [0.15, 0.2) is 69.6 Å². The van der Waals surface area contributed by atoms with E-state index >= 15 is 0 Å². The summed E-state index contributed by atoms with van der Waals surface area (Å²) in [6.45, 7) is 11.9. The predicted molar refractivity (Wildman–Crippen MR) is 259 cm³/mol. The molecule has 0 bridgehead atoms. The van der Waals surface area contributed by atoms with Gasteiger partial charge in [-0.3, -0.25) is 23.9 Å². The van der Waals surface area contributed by atoms with Crippen LogP contribution < -0.4 is 26.1 Å². The van der Waals surface area contributed by atoms with E-state index in [1.165, 1.54) is 12.1 Å². The summed E-state index contributed by atoms with van der Waals surface area (Å²) in [5.41, 5.74) is 4.20. The average molecular weight is 1010 g/mol. The van der Waals surface area contributed by atoms with Crippen molar-refractivity contribution in [2.45, 2.75) is 88.4 Å². The highest BCUT2D eigenvalue weighted by molar-refractivity contribution is 7.86. The topological polar surface area (TPSA) is 275 Å². The minimum atomic E-state index is -4.61. The van der Waals surface area contributed by atoms with Crippen LogP contribution in [0.5, 0.6) is 0 Å². The molecule has 0 fully saturated rings. The van der Waals surface area contributed by atoms with Crippen LogP contribution in [-0.4, -0.2) is 129 Å². The number of nitrogens with one attached hydrogen (secondary N) is 1. The second-order valence-corrected chi connectivity index (χ2v) is 22.3. The maximum absolute atomic E-state index is 12.4. The molecule has 380 valence electrons. The van der Waals surface area contributed by atoms with Crippen molar-refractivity contribution in [3.05, 3.63) is 82.6 Å². The fraction of sp³-hybridized carbons (Fsp3) is 0.565. The van der Waals surface area contributed by atoms with E-state index in [0.717, 1.165) is 22.2 Å². The molecule has 0 saturated carbocycles. The van der Waals surface area contributed by atoms with Gasteiger partial charge in [0.05, 0.1) is 62.1 Å². The molecule has 68 heavy (non-hydrogen) atoms. The molecule has 1 atom stereocenters. The van der Waals surface area contributed by atoms with E-state index in [9.17, 15) is 43.7 Å². The van der Waals surface area contributed by atoms with Gasteiger partial charge in [0.2, 0.25) is 11.3 Å². The summed E-state index contributed by atoms with van der Waals surface area (Å²) < 4.78 is 131. The number of fused-ring (bicyclic) bond motifs is 2. The highest BCUT2D eigenvalue weighted by atomic mass is 32.2. The SMILES string of the molecule is COCCOCCOCCOCC[N+](CCCS(=O)(=O)O)=c1ccc2c(/C=C/C=C3\N(CCCCCC(=O)NN)c4ccc(S(=O)(=O)O)cc4C3(C)CCCS(=O)(=O)O)cc(C(C)(C)C)oc-2c1. The van der Waals surface area contributed by atoms with Crippen LogP contribution >= 0.6 is 0 Å². The van der Waals surface area contributed by atoms with Crippen LogP contribution in [-0.2, 0) is 64.9 Å². The first-order valence-electron chi connectivity index (χ1n) is 22.5. The standard InChI is InChI=1S/C46H68N4O15S3/c1-45(2,3)43-32-35(38-17-15-36(33-41(38)65-43)49(20-11-31-67(55,56)57)22-23-62-26-27-64-29-28-63-25-24-61-5)12-9-13-42-46(4,19-10-30-66(52,53)54)39-34-37(68(58,59)60)16-18-40(39)50(42)21-8-6-7-14-44(51)48-47/h9,12-13,15-18,32-34H,6-8,10-11,14,19-31,47H2,1-5H3,(H3-,48,51,52,53,54,55,56,57,58,59,60)/p+1. The van der Waals surface area contributed by atoms with Crippen molar-refractivity contribution in [1.29, 1.82) is 0 Å². The van der Waals surface area contributed by atoms with Gasteiger partial charge < -0.3 is 28.3 Å². The maximum Gasteiger partial charge on any atom is 0.294 e. The van der Waals surface area contributed by atoms with Crippen LogP contribution in [0.25, 0.3) is 17.4 Å². The third kappa shape index (κ3) is 17.7. The zero-order valence-electron chi connectivity index (χ0n) is 39.6. The van der Waals surface area contributed by atoms with Crippen LogP contribution in [0.4, 0.5) is 5.69 Å². The van der Waals surface area contributed by atoms with Crippen LogP contribution in [0.2, 0.25) is 0 Å². The Bertz CT molecular complexity index is 2590. The number of ether oxygens (including phenoxy) is 4. The predicted octanol–water partition coefficient (Wildman–Crippen LogP) is 4.57. The lowest BCUT2D eigenvalue weighted by Crippen LogP contribution is -2.35. The summed E-state index contributed by atoms with van der Waals surface area (Å²) in [6, 6.07) is 12.0. The Morgan fingerprint density at radius 3 is 2.09 bits per heavy atom. The third-order valence-electron chi connectivity index (χ3n) is 11.5. The zero-order chi connectivity index (χ0) is 50.2. The average Bonchev–Trinajstić information content (AvgIpc) is 3.48. The molecule has 0 radical (unpaired) electrons. The quantitative estimate of drug-likeness (QED) is 0.0159. The first-order valence-corrected chi connectivity index (χ1v) is 27.2. The number of unbranched alkanes of at least 4 members (excludes halogenated alkanes) is 2. The van der Waals surface area contributed by atoms with Gasteiger partial charge in [-0.25, -0.2) is 10.4 Å². The van der Waals surface area contributed by atoms with E-state index in [1.54, 1.807) is 13.2 Å². The van der Waals surface area contributed by atoms with Crippen molar-refractivity contribution in [2.24, 2.45) is 5.84 Å². The molecule has 4 rings (SSSR count). The molecule has 1 aliphatic carbocycles. The van der Waals surface area contributed by atoms with E-state index in [4.69, 9.17) is 29.2 Å². The lowest BCUT2D eigenvalue weighted by Gasteiger charge is -2.30. The molecule has 0 saturated heterocycles. The fourth-order valence-electron chi connectivity index (χ4n) is 7.92. The number of benzene rings is 2. The highest BCUT2D eigenvalue weighted by Gasteiger charge is 2.43. The summed E-state index contributed by atoms with van der Waals surface area (Å²) in [4.78, 5) is 13.5. The van der Waals surface area contributed by atoms with Gasteiger partial charge in [-0.15, -0.1) is 0 Å². The first kappa shape index (κ1) is 56.5. The summed E-state index contributed by atoms with van der Waals surface area (Å²) >= 11 is 0. The Morgan fingerprint density at radius 2 is 1.47 bits per heavy atom. The smallest absolute Gasteiger partial charge is 0.294 e. The molecule has 0 spiro atoms. The molecule has 2 heterocycles. The van der Waals surface area contributed by atoms with E-state index < -0.39 is 52.7 Å². The maximum atomic E-state index is 12.4. The molecule has 22 heteroatoms. The minimum Gasteiger partial charge on any atom is -0.460 e. The van der Waals surface area contributed by atoms with Gasteiger partial charge in [-0.1, -0.05) is 39.3 Å². The molecule has 1 amide bonds. The molecule has 1 unspecified atom stereocenters. The normalized spacial score (nSPS) is 16.8. The van der Waals surface area contributed by atoms with Gasteiger partial charge in [0.1, 0.15) is 24.7 Å². The first-order chi connectivity index (χ1) is 32.0. The monoisotopic (exact) mass is 1010 g/mol. The number of methoxy groups -OCH3 is 1. The van der Waals surface area contributed by atoms with Crippen LogP contribution in [0, 0.1) is 0 Å². The Hall–Kier alpha value is -4.07. The van der Waals surface area contributed by atoms with Gasteiger partial charge in [0, 0.05) is 60.3 Å². The molecular formula is C46H69N4O15S3+. The molecule has 2 aliphatic heterocycles. The number of amides is 1. The number of nitrogens with two attached hydrogens (primary N) is 1. The van der Waals surface area contributed by atoms with Gasteiger partial charge >= 0.3 is 0 Å². The van der Waals surface area contributed by atoms with E-state index in [1.807, 2.05) is 79.7 Å². The lowest BCUT2D eigenvalue weighted by atomic mass is 9.77. The summed E-state index contributed by atoms with van der Waals surface area (Å²) in [7, 11) is -11.5. The Morgan fingerprint density at radius 1 is 0.824 bits per heavy atom.